The number of nitro groups is 1. The largest absolute Gasteiger partial charge is 0.319 e. The summed E-state index contributed by atoms with van der Waals surface area (Å²) in [5.74, 6) is -0.809. The number of rotatable bonds is 7. The zero-order valence-corrected chi connectivity index (χ0v) is 19.3. The van der Waals surface area contributed by atoms with Crippen molar-refractivity contribution in [2.24, 2.45) is 0 Å². The molecular weight excluding hydrogens is 481 g/mol. The van der Waals surface area contributed by atoms with Gasteiger partial charge >= 0.3 is 0 Å². The Balaban J connectivity index is 1.65. The maximum absolute atomic E-state index is 14.7. The zero-order valence-electron chi connectivity index (χ0n) is 17.7. The highest BCUT2D eigenvalue weighted by molar-refractivity contribution is 7.99. The Morgan fingerprint density at radius 1 is 1.12 bits per heavy atom. The molecule has 1 heterocycles. The Morgan fingerprint density at radius 3 is 2.59 bits per heavy atom. The topological polar surface area (TPSA) is 103 Å². The number of carbonyl (C=O) groups is 1. The predicted octanol–water partition coefficient (Wildman–Crippen LogP) is 5.67. The Bertz CT molecular complexity index is 1390. The lowest BCUT2D eigenvalue weighted by molar-refractivity contribution is -0.384. The number of amides is 1. The summed E-state index contributed by atoms with van der Waals surface area (Å²) in [6.07, 6.45) is 0. The van der Waals surface area contributed by atoms with Crippen molar-refractivity contribution < 1.29 is 14.1 Å². The summed E-state index contributed by atoms with van der Waals surface area (Å²) in [6, 6.07) is 17.6. The first kappa shape index (κ1) is 23.4. The molecule has 0 fully saturated rings. The van der Waals surface area contributed by atoms with Gasteiger partial charge < -0.3 is 5.32 Å². The fourth-order valence-corrected chi connectivity index (χ4v) is 4.27. The molecule has 34 heavy (non-hydrogen) atoms. The molecular formula is C23H17ClFN5O3S. The number of nitrogens with zero attached hydrogens (tertiary/aromatic N) is 4. The van der Waals surface area contributed by atoms with E-state index in [0.717, 1.165) is 11.8 Å². The fraction of sp³-hybridized carbons (Fsp3) is 0.0870. The SMILES string of the molecule is Cc1cccc([N+](=O)[O-])c1NC(=O)CSc1nnc(-c2ccccc2Cl)n1-c1ccccc1F. The third-order valence-corrected chi connectivity index (χ3v) is 6.14. The van der Waals surface area contributed by atoms with Gasteiger partial charge in [0, 0.05) is 11.6 Å². The quantitative estimate of drug-likeness (QED) is 0.200. The van der Waals surface area contributed by atoms with E-state index in [1.54, 1.807) is 61.5 Å². The summed E-state index contributed by atoms with van der Waals surface area (Å²) in [4.78, 5) is 23.4. The second kappa shape index (κ2) is 10.0. The number of carbonyl (C=O) groups excluding carboxylic acids is 1. The van der Waals surface area contributed by atoms with E-state index in [-0.39, 0.29) is 28.0 Å². The summed E-state index contributed by atoms with van der Waals surface area (Å²) in [5.41, 5.74) is 1.23. The van der Waals surface area contributed by atoms with E-state index < -0.39 is 16.6 Å². The Kier molecular flexibility index (Phi) is 6.90. The fourth-order valence-electron chi connectivity index (χ4n) is 3.30. The number of hydrogen-bond donors (Lipinski definition) is 1. The van der Waals surface area contributed by atoms with E-state index in [1.807, 2.05) is 0 Å². The second-order valence-corrected chi connectivity index (χ2v) is 8.49. The number of benzene rings is 3. The van der Waals surface area contributed by atoms with Crippen LogP contribution in [0.2, 0.25) is 5.02 Å². The molecule has 4 aromatic rings. The van der Waals surface area contributed by atoms with Crippen LogP contribution in [0.15, 0.2) is 71.9 Å². The van der Waals surface area contributed by atoms with Crippen molar-refractivity contribution in [3.8, 4) is 17.1 Å². The molecule has 0 aliphatic carbocycles. The first-order valence-corrected chi connectivity index (χ1v) is 11.3. The minimum Gasteiger partial charge on any atom is -0.319 e. The van der Waals surface area contributed by atoms with E-state index >= 15 is 0 Å². The van der Waals surface area contributed by atoms with Crippen molar-refractivity contribution in [1.29, 1.82) is 0 Å². The minimum atomic E-state index is -0.555. The van der Waals surface area contributed by atoms with Crippen LogP contribution >= 0.6 is 23.4 Å². The van der Waals surface area contributed by atoms with E-state index in [9.17, 15) is 19.3 Å². The highest BCUT2D eigenvalue weighted by Crippen LogP contribution is 2.33. The Morgan fingerprint density at radius 2 is 1.85 bits per heavy atom. The van der Waals surface area contributed by atoms with E-state index in [1.165, 1.54) is 16.7 Å². The van der Waals surface area contributed by atoms with Crippen LogP contribution in [0.1, 0.15) is 5.56 Å². The number of aryl methyl sites for hydroxylation is 1. The molecule has 8 nitrogen and oxygen atoms in total. The lowest BCUT2D eigenvalue weighted by atomic mass is 10.1. The van der Waals surface area contributed by atoms with Crippen LogP contribution < -0.4 is 5.32 Å². The molecule has 0 atom stereocenters. The average molecular weight is 498 g/mol. The monoisotopic (exact) mass is 497 g/mol. The maximum Gasteiger partial charge on any atom is 0.293 e. The lowest BCUT2D eigenvalue weighted by Crippen LogP contribution is -2.16. The molecule has 11 heteroatoms. The highest BCUT2D eigenvalue weighted by Gasteiger charge is 2.22. The number of nitrogens with one attached hydrogen (secondary N) is 1. The molecule has 1 N–H and O–H groups in total. The van der Waals surface area contributed by atoms with Gasteiger partial charge in [-0.1, -0.05) is 59.8 Å². The molecule has 0 unspecified atom stereocenters. The van der Waals surface area contributed by atoms with Gasteiger partial charge in [0.1, 0.15) is 11.5 Å². The average Bonchev–Trinajstić information content (AvgIpc) is 3.23. The number of hydrogen-bond acceptors (Lipinski definition) is 6. The summed E-state index contributed by atoms with van der Waals surface area (Å²) in [7, 11) is 0. The van der Waals surface area contributed by atoms with Gasteiger partial charge in [0.05, 0.1) is 21.4 Å². The molecule has 172 valence electrons. The van der Waals surface area contributed by atoms with Gasteiger partial charge in [-0.25, -0.2) is 4.39 Å². The standard InChI is InChI=1S/C23H17ClFN5O3S/c1-14-7-6-12-19(30(32)33)21(14)26-20(31)13-34-23-28-27-22(15-8-2-3-9-16(15)24)29(23)18-11-5-4-10-17(18)25/h2-12H,13H2,1H3,(H,26,31). The summed E-state index contributed by atoms with van der Waals surface area (Å²) in [6.45, 7) is 1.67. The first-order chi connectivity index (χ1) is 16.4. The normalized spacial score (nSPS) is 10.8. The Hall–Kier alpha value is -3.76. The van der Waals surface area contributed by atoms with Crippen molar-refractivity contribution in [3.05, 3.63) is 93.2 Å². The summed E-state index contributed by atoms with van der Waals surface area (Å²) >= 11 is 7.36. The van der Waals surface area contributed by atoms with E-state index in [0.29, 0.717) is 22.0 Å². The second-order valence-electron chi connectivity index (χ2n) is 7.14. The van der Waals surface area contributed by atoms with Gasteiger partial charge in [0.2, 0.25) is 5.91 Å². The van der Waals surface area contributed by atoms with Crippen LogP contribution in [-0.2, 0) is 4.79 Å². The number of nitro benzene ring substituents is 1. The number of aromatic nitrogens is 3. The third-order valence-electron chi connectivity index (χ3n) is 4.89. The van der Waals surface area contributed by atoms with Crippen molar-refractivity contribution in [1.82, 2.24) is 14.8 Å². The molecule has 4 rings (SSSR count). The molecule has 0 aliphatic heterocycles. The highest BCUT2D eigenvalue weighted by atomic mass is 35.5. The van der Waals surface area contributed by atoms with Crippen LogP contribution in [0.25, 0.3) is 17.1 Å². The van der Waals surface area contributed by atoms with Crippen LogP contribution in [0.4, 0.5) is 15.8 Å². The number of para-hydroxylation sites is 2. The molecule has 1 aromatic heterocycles. The molecule has 0 aliphatic rings. The van der Waals surface area contributed by atoms with Crippen LogP contribution in [0.5, 0.6) is 0 Å². The van der Waals surface area contributed by atoms with Crippen LogP contribution in [0, 0.1) is 22.9 Å². The molecule has 1 amide bonds. The molecule has 0 saturated carbocycles. The molecule has 0 saturated heterocycles. The third kappa shape index (κ3) is 4.78. The van der Waals surface area contributed by atoms with E-state index in [4.69, 9.17) is 11.6 Å². The van der Waals surface area contributed by atoms with Gasteiger partial charge in [0.25, 0.3) is 5.69 Å². The van der Waals surface area contributed by atoms with E-state index in [2.05, 4.69) is 15.5 Å². The molecule has 0 spiro atoms. The number of thioether (sulfide) groups is 1. The van der Waals surface area contributed by atoms with Gasteiger partial charge in [-0.15, -0.1) is 10.2 Å². The van der Waals surface area contributed by atoms with Crippen molar-refractivity contribution in [2.75, 3.05) is 11.1 Å². The molecule has 0 bridgehead atoms. The predicted molar refractivity (Wildman–Crippen MR) is 129 cm³/mol. The van der Waals surface area contributed by atoms with Crippen molar-refractivity contribution in [2.45, 2.75) is 12.1 Å². The Labute approximate surface area is 202 Å². The van der Waals surface area contributed by atoms with Crippen LogP contribution in [0.3, 0.4) is 0 Å². The summed E-state index contributed by atoms with van der Waals surface area (Å²) in [5, 5.41) is 22.9. The molecule has 3 aromatic carbocycles. The lowest BCUT2D eigenvalue weighted by Gasteiger charge is -2.12. The van der Waals surface area contributed by atoms with Gasteiger partial charge in [-0.2, -0.15) is 0 Å². The maximum atomic E-state index is 14.7. The first-order valence-electron chi connectivity index (χ1n) is 9.98. The van der Waals surface area contributed by atoms with Crippen molar-refractivity contribution in [3.63, 3.8) is 0 Å². The zero-order chi connectivity index (χ0) is 24.2. The van der Waals surface area contributed by atoms with Crippen LogP contribution in [-0.4, -0.2) is 31.3 Å². The molecule has 0 radical (unpaired) electrons. The number of anilines is 1. The summed E-state index contributed by atoms with van der Waals surface area (Å²) < 4.78 is 16.2. The minimum absolute atomic E-state index is 0.130. The van der Waals surface area contributed by atoms with Gasteiger partial charge in [-0.3, -0.25) is 19.5 Å². The number of halogens is 2. The smallest absolute Gasteiger partial charge is 0.293 e. The van der Waals surface area contributed by atoms with Crippen molar-refractivity contribution >= 4 is 40.6 Å². The van der Waals surface area contributed by atoms with Gasteiger partial charge in [0.15, 0.2) is 11.0 Å². The van der Waals surface area contributed by atoms with Gasteiger partial charge in [-0.05, 0) is 36.8 Å².